The first-order chi connectivity index (χ1) is 7.79. The standard InChI is InChI=1S/C10H9FN4O/c11-8-6-13-10(15-12)14-9(8)16-7-4-2-1-3-5-7/h1-6H,12H2,(H,13,14,15). The van der Waals surface area contributed by atoms with Gasteiger partial charge in [-0.3, -0.25) is 5.43 Å². The van der Waals surface area contributed by atoms with Crippen molar-refractivity contribution in [1.82, 2.24) is 9.97 Å². The maximum absolute atomic E-state index is 13.3. The number of para-hydroxylation sites is 1. The summed E-state index contributed by atoms with van der Waals surface area (Å²) in [6, 6.07) is 8.76. The van der Waals surface area contributed by atoms with E-state index in [9.17, 15) is 4.39 Å². The van der Waals surface area contributed by atoms with Gasteiger partial charge in [0.25, 0.3) is 5.88 Å². The fourth-order valence-corrected chi connectivity index (χ4v) is 1.09. The van der Waals surface area contributed by atoms with Gasteiger partial charge in [-0.25, -0.2) is 10.8 Å². The summed E-state index contributed by atoms with van der Waals surface area (Å²) < 4.78 is 18.5. The molecule has 2 rings (SSSR count). The van der Waals surface area contributed by atoms with Gasteiger partial charge in [-0.05, 0) is 12.1 Å². The number of rotatable bonds is 3. The number of hydrogen-bond acceptors (Lipinski definition) is 5. The molecule has 82 valence electrons. The topological polar surface area (TPSA) is 73.1 Å². The third-order valence-corrected chi connectivity index (χ3v) is 1.80. The number of anilines is 1. The lowest BCUT2D eigenvalue weighted by molar-refractivity contribution is 0.420. The molecular formula is C10H9FN4O. The summed E-state index contributed by atoms with van der Waals surface area (Å²) in [4.78, 5) is 7.34. The lowest BCUT2D eigenvalue weighted by Gasteiger charge is -2.06. The summed E-state index contributed by atoms with van der Waals surface area (Å²) in [5, 5.41) is 0. The molecule has 0 saturated heterocycles. The number of hydrazine groups is 1. The summed E-state index contributed by atoms with van der Waals surface area (Å²) in [6.45, 7) is 0. The highest BCUT2D eigenvalue weighted by Gasteiger charge is 2.08. The SMILES string of the molecule is NNc1ncc(F)c(Oc2ccccc2)n1. The molecule has 16 heavy (non-hydrogen) atoms. The Morgan fingerprint density at radius 2 is 2.00 bits per heavy atom. The van der Waals surface area contributed by atoms with Gasteiger partial charge >= 0.3 is 0 Å². The van der Waals surface area contributed by atoms with Crippen molar-refractivity contribution < 1.29 is 9.13 Å². The predicted octanol–water partition coefficient (Wildman–Crippen LogP) is 1.69. The molecule has 0 aliphatic rings. The van der Waals surface area contributed by atoms with Crippen molar-refractivity contribution in [3.63, 3.8) is 0 Å². The minimum atomic E-state index is -0.650. The highest BCUT2D eigenvalue weighted by molar-refractivity contribution is 5.31. The molecule has 0 atom stereocenters. The summed E-state index contributed by atoms with van der Waals surface area (Å²) in [5.41, 5.74) is 2.21. The van der Waals surface area contributed by atoms with E-state index < -0.39 is 5.82 Å². The van der Waals surface area contributed by atoms with E-state index in [1.54, 1.807) is 24.3 Å². The van der Waals surface area contributed by atoms with Gasteiger partial charge in [0.1, 0.15) is 5.75 Å². The molecule has 0 aliphatic heterocycles. The van der Waals surface area contributed by atoms with Gasteiger partial charge in [0.15, 0.2) is 0 Å². The van der Waals surface area contributed by atoms with E-state index in [-0.39, 0.29) is 11.8 Å². The molecule has 0 amide bonds. The van der Waals surface area contributed by atoms with Crippen LogP contribution in [0.1, 0.15) is 0 Å². The van der Waals surface area contributed by atoms with Crippen LogP contribution in [-0.2, 0) is 0 Å². The van der Waals surface area contributed by atoms with Gasteiger partial charge < -0.3 is 4.74 Å². The molecule has 5 nitrogen and oxygen atoms in total. The number of nitrogens with zero attached hydrogens (tertiary/aromatic N) is 2. The molecule has 6 heteroatoms. The van der Waals surface area contributed by atoms with Crippen LogP contribution in [0.5, 0.6) is 11.6 Å². The lowest BCUT2D eigenvalue weighted by Crippen LogP contribution is -2.11. The van der Waals surface area contributed by atoms with E-state index >= 15 is 0 Å². The summed E-state index contributed by atoms with van der Waals surface area (Å²) in [6.07, 6.45) is 0.987. The van der Waals surface area contributed by atoms with E-state index in [1.165, 1.54) is 0 Å². The third kappa shape index (κ3) is 2.23. The minimum Gasteiger partial charge on any atom is -0.436 e. The van der Waals surface area contributed by atoms with Crippen LogP contribution in [0.25, 0.3) is 0 Å². The number of ether oxygens (including phenoxy) is 1. The van der Waals surface area contributed by atoms with Crippen molar-refractivity contribution in [3.8, 4) is 11.6 Å². The second-order valence-electron chi connectivity index (χ2n) is 2.91. The van der Waals surface area contributed by atoms with Gasteiger partial charge in [0.2, 0.25) is 11.8 Å². The number of nitrogen functional groups attached to an aromatic ring is 1. The van der Waals surface area contributed by atoms with Crippen LogP contribution in [0.3, 0.4) is 0 Å². The first kappa shape index (κ1) is 10.3. The monoisotopic (exact) mass is 220 g/mol. The highest BCUT2D eigenvalue weighted by Crippen LogP contribution is 2.21. The highest BCUT2D eigenvalue weighted by atomic mass is 19.1. The van der Waals surface area contributed by atoms with Gasteiger partial charge in [0, 0.05) is 0 Å². The zero-order valence-corrected chi connectivity index (χ0v) is 8.22. The second-order valence-corrected chi connectivity index (χ2v) is 2.91. The van der Waals surface area contributed by atoms with Crippen LogP contribution >= 0.6 is 0 Å². The Morgan fingerprint density at radius 3 is 2.69 bits per heavy atom. The molecule has 0 spiro atoms. The van der Waals surface area contributed by atoms with E-state index in [2.05, 4.69) is 15.4 Å². The maximum Gasteiger partial charge on any atom is 0.260 e. The van der Waals surface area contributed by atoms with Crippen LogP contribution in [0.2, 0.25) is 0 Å². The number of nitrogens with two attached hydrogens (primary N) is 1. The Morgan fingerprint density at radius 1 is 1.25 bits per heavy atom. The van der Waals surface area contributed by atoms with Gasteiger partial charge in [-0.2, -0.15) is 9.37 Å². The van der Waals surface area contributed by atoms with E-state index in [1.807, 2.05) is 6.07 Å². The van der Waals surface area contributed by atoms with Crippen molar-refractivity contribution in [2.24, 2.45) is 5.84 Å². The summed E-state index contributed by atoms with van der Waals surface area (Å²) in [5.74, 6) is 4.87. The Kier molecular flexibility index (Phi) is 2.93. The zero-order valence-electron chi connectivity index (χ0n) is 8.22. The number of hydrogen-bond donors (Lipinski definition) is 2. The van der Waals surface area contributed by atoms with Crippen LogP contribution in [0.4, 0.5) is 10.3 Å². The molecule has 0 radical (unpaired) electrons. The van der Waals surface area contributed by atoms with Crippen molar-refractivity contribution in [1.29, 1.82) is 0 Å². The largest absolute Gasteiger partial charge is 0.436 e. The smallest absolute Gasteiger partial charge is 0.260 e. The number of aromatic nitrogens is 2. The van der Waals surface area contributed by atoms with Gasteiger partial charge in [-0.1, -0.05) is 18.2 Å². The molecule has 0 unspecified atom stereocenters. The van der Waals surface area contributed by atoms with Crippen LogP contribution in [0, 0.1) is 5.82 Å². The van der Waals surface area contributed by atoms with Crippen molar-refractivity contribution in [3.05, 3.63) is 42.3 Å². The van der Waals surface area contributed by atoms with Crippen molar-refractivity contribution in [2.75, 3.05) is 5.43 Å². The fourth-order valence-electron chi connectivity index (χ4n) is 1.09. The molecule has 0 aliphatic carbocycles. The molecular weight excluding hydrogens is 211 g/mol. The summed E-state index contributed by atoms with van der Waals surface area (Å²) in [7, 11) is 0. The first-order valence-corrected chi connectivity index (χ1v) is 4.51. The normalized spacial score (nSPS) is 9.88. The third-order valence-electron chi connectivity index (χ3n) is 1.80. The van der Waals surface area contributed by atoms with E-state index in [0.717, 1.165) is 6.20 Å². The predicted molar refractivity (Wildman–Crippen MR) is 56.3 cm³/mol. The zero-order chi connectivity index (χ0) is 11.4. The Labute approximate surface area is 91.1 Å². The average molecular weight is 220 g/mol. The van der Waals surface area contributed by atoms with Crippen LogP contribution < -0.4 is 16.0 Å². The Bertz CT molecular complexity index is 478. The molecule has 1 aromatic heterocycles. The van der Waals surface area contributed by atoms with E-state index in [4.69, 9.17) is 10.6 Å². The quantitative estimate of drug-likeness (QED) is 0.608. The molecule has 1 heterocycles. The molecule has 3 N–H and O–H groups in total. The molecule has 0 fully saturated rings. The van der Waals surface area contributed by atoms with Crippen LogP contribution in [0.15, 0.2) is 36.5 Å². The second kappa shape index (κ2) is 4.54. The van der Waals surface area contributed by atoms with E-state index in [0.29, 0.717) is 5.75 Å². The van der Waals surface area contributed by atoms with Crippen molar-refractivity contribution in [2.45, 2.75) is 0 Å². The van der Waals surface area contributed by atoms with Gasteiger partial charge in [0.05, 0.1) is 6.20 Å². The first-order valence-electron chi connectivity index (χ1n) is 4.51. The Hall–Kier alpha value is -2.21. The van der Waals surface area contributed by atoms with Gasteiger partial charge in [-0.15, -0.1) is 0 Å². The molecule has 2 aromatic rings. The average Bonchev–Trinajstić information content (AvgIpc) is 2.33. The maximum atomic E-state index is 13.3. The number of benzene rings is 1. The molecule has 1 aromatic carbocycles. The van der Waals surface area contributed by atoms with Crippen LogP contribution in [-0.4, -0.2) is 9.97 Å². The molecule has 0 bridgehead atoms. The minimum absolute atomic E-state index is 0.0901. The lowest BCUT2D eigenvalue weighted by atomic mass is 10.3. The Balaban J connectivity index is 2.27. The number of nitrogens with one attached hydrogen (secondary N) is 1. The number of halogens is 1. The fraction of sp³-hybridized carbons (Fsp3) is 0. The summed E-state index contributed by atoms with van der Waals surface area (Å²) >= 11 is 0. The molecule has 0 saturated carbocycles. The van der Waals surface area contributed by atoms with Crippen molar-refractivity contribution >= 4 is 5.95 Å².